The average Bonchev–Trinajstić information content (AvgIpc) is 2.96. The molecule has 6 nitrogen and oxygen atoms in total. The lowest BCUT2D eigenvalue weighted by Gasteiger charge is -2.14. The van der Waals surface area contributed by atoms with Crippen molar-refractivity contribution in [1.29, 1.82) is 0 Å². The lowest BCUT2D eigenvalue weighted by Crippen LogP contribution is -2.31. The summed E-state index contributed by atoms with van der Waals surface area (Å²) in [6, 6.07) is 18.0. The Labute approximate surface area is 253 Å². The van der Waals surface area contributed by atoms with Gasteiger partial charge in [0.05, 0.1) is 29.4 Å². The number of benzene rings is 3. The van der Waals surface area contributed by atoms with E-state index in [1.54, 1.807) is 31.4 Å². The molecule has 0 saturated heterocycles. The highest BCUT2D eigenvalue weighted by Gasteiger charge is 2.17. The lowest BCUT2D eigenvalue weighted by molar-refractivity contribution is -0.137. The van der Waals surface area contributed by atoms with Gasteiger partial charge in [0.25, 0.3) is 5.91 Å². The van der Waals surface area contributed by atoms with E-state index in [1.165, 1.54) is 25.7 Å². The molecule has 3 aromatic carbocycles. The Morgan fingerprint density at radius 1 is 0.854 bits per heavy atom. The maximum Gasteiger partial charge on any atom is 0.287 e. The topological polar surface area (TPSA) is 76.7 Å². The van der Waals surface area contributed by atoms with Crippen molar-refractivity contribution in [3.8, 4) is 11.5 Å². The second kappa shape index (κ2) is 16.9. The minimum Gasteiger partial charge on any atom is -0.493 e. The SMILES string of the molecule is COc1cc(CNC(=O)C(=O)Cc2ccccc2Nc2c(Cl)cccc2Cl)ccc1OCCCCCCCC(C)C. The Hall–Kier alpha value is -3.22. The third-order valence-electron chi connectivity index (χ3n) is 6.71. The molecular weight excluding hydrogens is 559 g/mol. The summed E-state index contributed by atoms with van der Waals surface area (Å²) < 4.78 is 11.4. The van der Waals surface area contributed by atoms with E-state index in [9.17, 15) is 9.59 Å². The summed E-state index contributed by atoms with van der Waals surface area (Å²) in [6.07, 6.45) is 7.14. The monoisotopic (exact) mass is 598 g/mol. The van der Waals surface area contributed by atoms with E-state index < -0.39 is 11.7 Å². The second-order valence-electron chi connectivity index (χ2n) is 10.4. The molecule has 2 N–H and O–H groups in total. The summed E-state index contributed by atoms with van der Waals surface area (Å²) in [5, 5.41) is 6.81. The third-order valence-corrected chi connectivity index (χ3v) is 7.34. The maximum absolute atomic E-state index is 12.8. The standard InChI is InChI=1S/C33H40Cl2N2O4/c1-23(2)12-7-5-4-6-10-19-41-30-18-17-24(20-31(30)40-3)22-36-33(39)29(38)21-25-13-8-9-16-28(25)37-32-26(34)14-11-15-27(32)35/h8-9,11,13-18,20,23,37H,4-7,10,12,19,21-22H2,1-3H3,(H,36,39). The highest BCUT2D eigenvalue weighted by molar-refractivity contribution is 6.39. The number of nitrogens with one attached hydrogen (secondary N) is 2. The Balaban J connectivity index is 1.48. The van der Waals surface area contributed by atoms with Crippen molar-refractivity contribution in [2.24, 2.45) is 5.92 Å². The Kier molecular flexibility index (Phi) is 13.3. The summed E-state index contributed by atoms with van der Waals surface area (Å²) in [5.41, 5.74) is 2.65. The van der Waals surface area contributed by atoms with E-state index in [0.29, 0.717) is 45.1 Å². The van der Waals surface area contributed by atoms with Gasteiger partial charge in [-0.15, -0.1) is 0 Å². The molecule has 0 aliphatic carbocycles. The van der Waals surface area contributed by atoms with Gasteiger partial charge in [-0.2, -0.15) is 0 Å². The fourth-order valence-corrected chi connectivity index (χ4v) is 4.88. The van der Waals surface area contributed by atoms with E-state index in [0.717, 1.165) is 24.3 Å². The fourth-order valence-electron chi connectivity index (χ4n) is 4.39. The number of anilines is 2. The van der Waals surface area contributed by atoms with Gasteiger partial charge in [0.15, 0.2) is 11.5 Å². The Morgan fingerprint density at radius 3 is 2.29 bits per heavy atom. The van der Waals surface area contributed by atoms with Gasteiger partial charge in [0, 0.05) is 18.7 Å². The molecule has 41 heavy (non-hydrogen) atoms. The van der Waals surface area contributed by atoms with Crippen LogP contribution in [0.4, 0.5) is 11.4 Å². The fraction of sp³-hybridized carbons (Fsp3) is 0.394. The summed E-state index contributed by atoms with van der Waals surface area (Å²) in [5.74, 6) is 0.817. The number of halogens is 2. The largest absolute Gasteiger partial charge is 0.493 e. The molecule has 0 aromatic heterocycles. The van der Waals surface area contributed by atoms with Crippen molar-refractivity contribution in [2.45, 2.75) is 65.3 Å². The normalized spacial score (nSPS) is 10.9. The van der Waals surface area contributed by atoms with Gasteiger partial charge in [0.1, 0.15) is 0 Å². The highest BCUT2D eigenvalue weighted by Crippen LogP contribution is 2.34. The number of carbonyl (C=O) groups excluding carboxylic acids is 2. The first-order valence-electron chi connectivity index (χ1n) is 14.2. The van der Waals surface area contributed by atoms with Crippen molar-refractivity contribution in [3.63, 3.8) is 0 Å². The van der Waals surface area contributed by atoms with Gasteiger partial charge in [-0.3, -0.25) is 9.59 Å². The summed E-state index contributed by atoms with van der Waals surface area (Å²) >= 11 is 12.6. The van der Waals surface area contributed by atoms with Crippen molar-refractivity contribution < 1.29 is 19.1 Å². The van der Waals surface area contributed by atoms with Crippen LogP contribution in [0.25, 0.3) is 0 Å². The van der Waals surface area contributed by atoms with Gasteiger partial charge in [-0.05, 0) is 53.8 Å². The van der Waals surface area contributed by atoms with Crippen molar-refractivity contribution in [2.75, 3.05) is 19.0 Å². The maximum atomic E-state index is 12.8. The number of carbonyl (C=O) groups is 2. The zero-order valence-corrected chi connectivity index (χ0v) is 25.6. The molecule has 1 amide bonds. The molecule has 0 fully saturated rings. The number of amides is 1. The van der Waals surface area contributed by atoms with Crippen LogP contribution < -0.4 is 20.1 Å². The summed E-state index contributed by atoms with van der Waals surface area (Å²) in [6.45, 7) is 5.35. The van der Waals surface area contributed by atoms with Crippen LogP contribution in [0.2, 0.25) is 10.0 Å². The quantitative estimate of drug-likeness (QED) is 0.120. The van der Waals surface area contributed by atoms with E-state index in [4.69, 9.17) is 32.7 Å². The first-order valence-corrected chi connectivity index (χ1v) is 14.9. The molecule has 0 aliphatic rings. The zero-order chi connectivity index (χ0) is 29.6. The number of ketones is 1. The van der Waals surface area contributed by atoms with Crippen molar-refractivity contribution >= 4 is 46.3 Å². The van der Waals surface area contributed by atoms with Gasteiger partial charge >= 0.3 is 0 Å². The van der Waals surface area contributed by atoms with Crippen molar-refractivity contribution in [3.05, 3.63) is 81.8 Å². The van der Waals surface area contributed by atoms with Gasteiger partial charge < -0.3 is 20.1 Å². The number of unbranched alkanes of at least 4 members (excludes halogenated alkanes) is 4. The smallest absolute Gasteiger partial charge is 0.287 e. The minimum atomic E-state index is -0.664. The van der Waals surface area contributed by atoms with Gasteiger partial charge in [-0.25, -0.2) is 0 Å². The van der Waals surface area contributed by atoms with Crippen LogP contribution in [-0.2, 0) is 22.6 Å². The van der Waals surface area contributed by atoms with Crippen LogP contribution in [0.15, 0.2) is 60.7 Å². The minimum absolute atomic E-state index is 0.0785. The van der Waals surface area contributed by atoms with Crippen molar-refractivity contribution in [1.82, 2.24) is 5.32 Å². The zero-order valence-electron chi connectivity index (χ0n) is 24.1. The van der Waals surface area contributed by atoms with E-state index in [-0.39, 0.29) is 13.0 Å². The molecule has 0 aliphatic heterocycles. The molecule has 0 radical (unpaired) electrons. The van der Waals surface area contributed by atoms with E-state index in [1.807, 2.05) is 36.4 Å². The molecule has 3 aromatic rings. The van der Waals surface area contributed by atoms with Crippen LogP contribution in [0.5, 0.6) is 11.5 Å². The highest BCUT2D eigenvalue weighted by atomic mass is 35.5. The average molecular weight is 600 g/mol. The summed E-state index contributed by atoms with van der Waals surface area (Å²) in [4.78, 5) is 25.4. The third kappa shape index (κ3) is 10.6. The van der Waals surface area contributed by atoms with Crippen LogP contribution in [0.1, 0.15) is 63.5 Å². The Morgan fingerprint density at radius 2 is 1.56 bits per heavy atom. The van der Waals surface area contributed by atoms with Crippen LogP contribution in [-0.4, -0.2) is 25.4 Å². The molecule has 220 valence electrons. The number of rotatable bonds is 17. The number of hydrogen-bond acceptors (Lipinski definition) is 5. The predicted octanol–water partition coefficient (Wildman–Crippen LogP) is 8.55. The predicted molar refractivity (Wildman–Crippen MR) is 168 cm³/mol. The molecule has 8 heteroatoms. The van der Waals surface area contributed by atoms with E-state index >= 15 is 0 Å². The number of ether oxygens (including phenoxy) is 2. The van der Waals surface area contributed by atoms with Gasteiger partial charge in [0.2, 0.25) is 5.78 Å². The molecule has 0 bridgehead atoms. The first-order chi connectivity index (χ1) is 19.8. The number of methoxy groups -OCH3 is 1. The molecule has 0 heterocycles. The first kappa shape index (κ1) is 32.3. The Bertz CT molecular complexity index is 1280. The number of hydrogen-bond donors (Lipinski definition) is 2. The lowest BCUT2D eigenvalue weighted by atomic mass is 10.0. The molecular formula is C33H40Cl2N2O4. The second-order valence-corrected chi connectivity index (χ2v) is 11.3. The molecule has 0 spiro atoms. The van der Waals surface area contributed by atoms with Gasteiger partial charge in [-0.1, -0.05) is 99.5 Å². The van der Waals surface area contributed by atoms with Crippen LogP contribution >= 0.6 is 23.2 Å². The molecule has 0 unspecified atom stereocenters. The summed E-state index contributed by atoms with van der Waals surface area (Å²) in [7, 11) is 1.59. The molecule has 0 saturated carbocycles. The molecule has 0 atom stereocenters. The number of para-hydroxylation sites is 2. The number of Topliss-reactive ketones (excluding diaryl/α,β-unsaturated/α-hetero) is 1. The van der Waals surface area contributed by atoms with Crippen LogP contribution in [0.3, 0.4) is 0 Å². The molecule has 3 rings (SSSR count). The van der Waals surface area contributed by atoms with E-state index in [2.05, 4.69) is 24.5 Å². The van der Waals surface area contributed by atoms with Crippen LogP contribution in [0, 0.1) is 5.92 Å².